The van der Waals surface area contributed by atoms with Gasteiger partial charge in [0.2, 0.25) is 5.91 Å². The van der Waals surface area contributed by atoms with Gasteiger partial charge in [0.15, 0.2) is 5.82 Å². The van der Waals surface area contributed by atoms with Crippen molar-refractivity contribution >= 4 is 23.2 Å². The van der Waals surface area contributed by atoms with Gasteiger partial charge in [-0.1, -0.05) is 5.16 Å². The summed E-state index contributed by atoms with van der Waals surface area (Å²) >= 11 is 1.19. The molecule has 0 radical (unpaired) electrons. The first-order valence-corrected chi connectivity index (χ1v) is 11.0. The second-order valence-corrected chi connectivity index (χ2v) is 9.52. The Bertz CT molecular complexity index is 1010. The average Bonchev–Trinajstić information content (AvgIpc) is 3.10. The van der Waals surface area contributed by atoms with Crippen LogP contribution in [-0.2, 0) is 28.9 Å². The van der Waals surface area contributed by atoms with Gasteiger partial charge in [0.05, 0.1) is 12.0 Å². The normalized spacial score (nSPS) is 22.9. The number of carboxylic acids is 1. The van der Waals surface area contributed by atoms with Gasteiger partial charge >= 0.3 is 5.97 Å². The Morgan fingerprint density at radius 3 is 2.83 bits per heavy atom. The van der Waals surface area contributed by atoms with E-state index in [0.29, 0.717) is 40.5 Å². The zero-order valence-electron chi connectivity index (χ0n) is 16.2. The Hall–Kier alpha value is -2.36. The molecular weight excluding hydrogens is 416 g/mol. The fourth-order valence-electron chi connectivity index (χ4n) is 4.38. The van der Waals surface area contributed by atoms with Crippen molar-refractivity contribution in [1.82, 2.24) is 15.0 Å². The molecule has 1 aliphatic heterocycles. The van der Waals surface area contributed by atoms with Crippen molar-refractivity contribution in [3.63, 3.8) is 0 Å². The van der Waals surface area contributed by atoms with Gasteiger partial charge in [-0.3, -0.25) is 4.79 Å². The highest BCUT2D eigenvalue weighted by Crippen LogP contribution is 2.45. The minimum Gasteiger partial charge on any atom is -0.480 e. The molecule has 1 N–H and O–H groups in total. The van der Waals surface area contributed by atoms with E-state index in [1.54, 1.807) is 0 Å². The lowest BCUT2D eigenvalue weighted by molar-refractivity contribution is -0.147. The van der Waals surface area contributed by atoms with Crippen molar-refractivity contribution in [2.45, 2.75) is 69.2 Å². The van der Waals surface area contributed by atoms with Crippen LogP contribution in [0.25, 0.3) is 11.5 Å². The van der Waals surface area contributed by atoms with Gasteiger partial charge in [0.1, 0.15) is 6.04 Å². The molecule has 3 aliphatic rings. The maximum atomic E-state index is 14.0. The summed E-state index contributed by atoms with van der Waals surface area (Å²) in [7, 11) is 0. The summed E-state index contributed by atoms with van der Waals surface area (Å²) in [5, 5.41) is 13.4. The van der Waals surface area contributed by atoms with Gasteiger partial charge in [0, 0.05) is 35.1 Å². The predicted molar refractivity (Wildman–Crippen MR) is 103 cm³/mol. The Morgan fingerprint density at radius 1 is 1.30 bits per heavy atom. The van der Waals surface area contributed by atoms with Crippen LogP contribution >= 0.6 is 11.3 Å². The third-order valence-electron chi connectivity index (χ3n) is 6.09. The number of carbonyl (C=O) groups is 2. The number of rotatable bonds is 5. The molecule has 30 heavy (non-hydrogen) atoms. The van der Waals surface area contributed by atoms with Gasteiger partial charge in [-0.15, -0.1) is 11.3 Å². The maximum Gasteiger partial charge on any atom is 0.326 e. The highest BCUT2D eigenvalue weighted by Gasteiger charge is 2.40. The molecule has 0 spiro atoms. The Morgan fingerprint density at radius 2 is 2.10 bits per heavy atom. The molecule has 0 aromatic carbocycles. The summed E-state index contributed by atoms with van der Waals surface area (Å²) in [5.74, 6) is -2.92. The molecule has 1 atom stereocenters. The predicted octanol–water partition coefficient (Wildman–Crippen LogP) is 3.42. The number of amides is 1. The number of nitrogens with zero attached hydrogens (tertiary/aromatic N) is 3. The molecule has 0 unspecified atom stereocenters. The maximum absolute atomic E-state index is 14.0. The number of thiophene rings is 1. The molecule has 3 heterocycles. The van der Waals surface area contributed by atoms with Crippen LogP contribution in [-0.4, -0.2) is 50.5 Å². The molecular formula is C20H21F2N3O4S. The molecule has 2 aromatic heterocycles. The molecule has 10 heteroatoms. The van der Waals surface area contributed by atoms with Crippen LogP contribution in [0.15, 0.2) is 4.52 Å². The molecule has 1 amide bonds. The van der Waals surface area contributed by atoms with Crippen LogP contribution in [0, 0.1) is 0 Å². The van der Waals surface area contributed by atoms with Crippen molar-refractivity contribution in [3.05, 3.63) is 21.1 Å². The van der Waals surface area contributed by atoms with Crippen molar-refractivity contribution in [2.75, 3.05) is 6.54 Å². The molecule has 2 fully saturated rings. The number of aliphatic carboxylic acids is 1. The van der Waals surface area contributed by atoms with Crippen LogP contribution in [0.1, 0.15) is 59.2 Å². The Labute approximate surface area is 175 Å². The van der Waals surface area contributed by atoms with Gasteiger partial charge in [-0.2, -0.15) is 4.98 Å². The number of likely N-dealkylation sites (tertiary alicyclic amines) is 1. The lowest BCUT2D eigenvalue weighted by atomic mass is 9.92. The second-order valence-electron chi connectivity index (χ2n) is 8.33. The number of carboxylic acid groups (broad SMARTS) is 1. The molecule has 0 bridgehead atoms. The first-order chi connectivity index (χ1) is 14.3. The van der Waals surface area contributed by atoms with Crippen LogP contribution < -0.4 is 0 Å². The van der Waals surface area contributed by atoms with Crippen molar-refractivity contribution in [1.29, 1.82) is 0 Å². The summed E-state index contributed by atoms with van der Waals surface area (Å²) < 4.78 is 33.5. The van der Waals surface area contributed by atoms with Crippen LogP contribution in [0.2, 0.25) is 0 Å². The smallest absolute Gasteiger partial charge is 0.326 e. The molecule has 7 nitrogen and oxygen atoms in total. The van der Waals surface area contributed by atoms with Crippen LogP contribution in [0.4, 0.5) is 8.78 Å². The van der Waals surface area contributed by atoms with E-state index in [4.69, 9.17) is 4.52 Å². The molecule has 160 valence electrons. The number of hydrogen-bond donors (Lipinski definition) is 1. The van der Waals surface area contributed by atoms with E-state index in [2.05, 4.69) is 10.1 Å². The van der Waals surface area contributed by atoms with Crippen molar-refractivity contribution in [2.24, 2.45) is 0 Å². The third kappa shape index (κ3) is 3.51. The quantitative estimate of drug-likeness (QED) is 0.770. The first kappa shape index (κ1) is 19.6. The fraction of sp³-hybridized carbons (Fsp3) is 0.600. The number of halogens is 2. The lowest BCUT2D eigenvalue weighted by Gasteiger charge is -2.22. The van der Waals surface area contributed by atoms with Crippen LogP contribution in [0.3, 0.4) is 0 Å². The number of alkyl halides is 2. The fourth-order valence-corrected chi connectivity index (χ4v) is 5.80. The highest BCUT2D eigenvalue weighted by atomic mass is 32.1. The summed E-state index contributed by atoms with van der Waals surface area (Å²) in [4.78, 5) is 31.4. The van der Waals surface area contributed by atoms with Crippen molar-refractivity contribution < 1.29 is 28.0 Å². The minimum absolute atomic E-state index is 0.0521. The summed E-state index contributed by atoms with van der Waals surface area (Å²) in [6.07, 6.45) is 2.59. The van der Waals surface area contributed by atoms with E-state index in [1.165, 1.54) is 16.2 Å². The summed E-state index contributed by atoms with van der Waals surface area (Å²) in [5.41, 5.74) is 1.36. The SMILES string of the molecule is O=C(O)[C@H]1CCCN1C(=O)Cc1sc2c(c1-c1nc(C3CC3)no1)CCC(F)(F)C2. The standard InChI is InChI=1S/C20H21F2N3O4S/c21-20(22)6-5-11-14(9-20)30-13(8-15(26)25-7-1-2-12(25)19(27)28)16(11)18-23-17(24-29-18)10-3-4-10/h10,12H,1-9H2,(H,27,28)/t12-/m1/s1. The Kier molecular flexibility index (Phi) is 4.64. The molecule has 2 aliphatic carbocycles. The lowest BCUT2D eigenvalue weighted by Crippen LogP contribution is -2.41. The number of fused-ring (bicyclic) bond motifs is 1. The summed E-state index contributed by atoms with van der Waals surface area (Å²) in [6, 6.07) is -0.829. The van der Waals surface area contributed by atoms with E-state index < -0.39 is 17.9 Å². The van der Waals surface area contributed by atoms with Gasteiger partial charge in [-0.05, 0) is 37.7 Å². The monoisotopic (exact) mass is 437 g/mol. The minimum atomic E-state index is -2.77. The van der Waals surface area contributed by atoms with Gasteiger partial charge in [-0.25, -0.2) is 13.6 Å². The molecule has 1 saturated heterocycles. The van der Waals surface area contributed by atoms with Gasteiger partial charge in [0.25, 0.3) is 11.8 Å². The highest BCUT2D eigenvalue weighted by molar-refractivity contribution is 7.12. The van der Waals surface area contributed by atoms with Gasteiger partial charge < -0.3 is 14.5 Å². The number of aromatic nitrogens is 2. The molecule has 1 saturated carbocycles. The Balaban J connectivity index is 1.49. The first-order valence-electron chi connectivity index (χ1n) is 10.2. The van der Waals surface area contributed by atoms with E-state index in [1.807, 2.05) is 0 Å². The zero-order valence-corrected chi connectivity index (χ0v) is 17.0. The van der Waals surface area contributed by atoms with E-state index in [9.17, 15) is 23.5 Å². The van der Waals surface area contributed by atoms with E-state index in [0.717, 1.165) is 18.4 Å². The van der Waals surface area contributed by atoms with Crippen LogP contribution in [0.5, 0.6) is 0 Å². The van der Waals surface area contributed by atoms with E-state index >= 15 is 0 Å². The van der Waals surface area contributed by atoms with E-state index in [-0.39, 0.29) is 43.4 Å². The number of carbonyl (C=O) groups excluding carboxylic acids is 1. The topological polar surface area (TPSA) is 96.5 Å². The molecule has 5 rings (SSSR count). The third-order valence-corrected chi connectivity index (χ3v) is 7.32. The number of hydrogen-bond acceptors (Lipinski definition) is 6. The molecule has 2 aromatic rings. The second kappa shape index (κ2) is 7.11. The average molecular weight is 437 g/mol. The largest absolute Gasteiger partial charge is 0.480 e. The summed E-state index contributed by atoms with van der Waals surface area (Å²) in [6.45, 7) is 0.390. The van der Waals surface area contributed by atoms with Crippen molar-refractivity contribution in [3.8, 4) is 11.5 Å². The zero-order chi connectivity index (χ0) is 21.0.